The van der Waals surface area contributed by atoms with Crippen LogP contribution in [0.3, 0.4) is 0 Å². The Morgan fingerprint density at radius 3 is 2.31 bits per heavy atom. The highest BCUT2D eigenvalue weighted by Gasteiger charge is 2.52. The molecule has 0 bridgehead atoms. The summed E-state index contributed by atoms with van der Waals surface area (Å²) in [6, 6.07) is 4.41. The van der Waals surface area contributed by atoms with Crippen molar-refractivity contribution in [1.29, 1.82) is 0 Å². The van der Waals surface area contributed by atoms with Crippen molar-refractivity contribution in [2.24, 2.45) is 0 Å². The second-order valence-electron chi connectivity index (χ2n) is 11.1. The third kappa shape index (κ3) is 4.39. The van der Waals surface area contributed by atoms with Gasteiger partial charge in [0.05, 0.1) is 17.7 Å². The van der Waals surface area contributed by atoms with Crippen LogP contribution in [0.15, 0.2) is 18.2 Å². The van der Waals surface area contributed by atoms with E-state index in [1.165, 1.54) is 38.3 Å². The van der Waals surface area contributed by atoms with Gasteiger partial charge in [-0.1, -0.05) is 44.9 Å². The fraction of sp³-hybridized carbons (Fsp3) is 0.607. The highest BCUT2D eigenvalue weighted by atomic mass is 19.1. The van der Waals surface area contributed by atoms with Gasteiger partial charge in [-0.15, -0.1) is 0 Å². The van der Waals surface area contributed by atoms with Gasteiger partial charge in [-0.3, -0.25) is 14.4 Å². The van der Waals surface area contributed by atoms with Gasteiger partial charge in [0.15, 0.2) is 0 Å². The molecule has 7 nitrogen and oxygen atoms in total. The zero-order valence-corrected chi connectivity index (χ0v) is 21.4. The number of nitrogens with zero attached hydrogens (tertiary/aromatic N) is 2. The molecule has 2 fully saturated rings. The number of nitrogens with one attached hydrogen (secondary N) is 2. The summed E-state index contributed by atoms with van der Waals surface area (Å²) < 4.78 is 16.1. The average molecular weight is 497 g/mol. The Hall–Kier alpha value is -2.90. The second kappa shape index (κ2) is 9.87. The van der Waals surface area contributed by atoms with E-state index < -0.39 is 11.4 Å². The Bertz CT molecular complexity index is 1180. The summed E-state index contributed by atoms with van der Waals surface area (Å²) >= 11 is 0. The van der Waals surface area contributed by atoms with Crippen LogP contribution in [-0.4, -0.2) is 44.8 Å². The first kappa shape index (κ1) is 24.8. The van der Waals surface area contributed by atoms with Crippen LogP contribution >= 0.6 is 0 Å². The number of carbonyl (C=O) groups is 3. The molecule has 1 atom stereocenters. The van der Waals surface area contributed by atoms with Crippen LogP contribution < -0.4 is 10.6 Å². The summed E-state index contributed by atoms with van der Waals surface area (Å²) in [7, 11) is 0. The monoisotopic (exact) mass is 496 g/mol. The molecule has 2 aliphatic carbocycles. The summed E-state index contributed by atoms with van der Waals surface area (Å²) in [6.45, 7) is 3.51. The lowest BCUT2D eigenvalue weighted by molar-refractivity contribution is -0.135. The molecule has 2 aromatic rings. The maximum Gasteiger partial charge on any atom is 0.273 e. The van der Waals surface area contributed by atoms with Crippen molar-refractivity contribution in [3.8, 4) is 0 Å². The SMILES string of the molecule is CC(=O)Nc1c2n(c3ccc(F)cc13)C[C@@](C)(C(=O)NC1CCCCCCC1)N(C1CCCC1)C2=O. The summed E-state index contributed by atoms with van der Waals surface area (Å²) in [4.78, 5) is 42.2. The molecule has 3 amide bonds. The Morgan fingerprint density at radius 1 is 1.00 bits per heavy atom. The summed E-state index contributed by atoms with van der Waals surface area (Å²) in [6.07, 6.45) is 11.5. The first-order valence-corrected chi connectivity index (χ1v) is 13.5. The van der Waals surface area contributed by atoms with Crippen LogP contribution in [0, 0.1) is 5.82 Å². The molecule has 1 aromatic heterocycles. The van der Waals surface area contributed by atoms with Gasteiger partial charge in [0.1, 0.15) is 17.1 Å². The molecule has 5 rings (SSSR count). The molecule has 2 heterocycles. The predicted molar refractivity (Wildman–Crippen MR) is 137 cm³/mol. The number of anilines is 1. The van der Waals surface area contributed by atoms with Crippen molar-refractivity contribution >= 4 is 34.3 Å². The maximum atomic E-state index is 14.3. The molecule has 0 radical (unpaired) electrons. The van der Waals surface area contributed by atoms with Crippen LogP contribution in [0.5, 0.6) is 0 Å². The normalized spacial score (nSPS) is 23.9. The zero-order chi connectivity index (χ0) is 25.4. The van der Waals surface area contributed by atoms with E-state index in [2.05, 4.69) is 10.6 Å². The van der Waals surface area contributed by atoms with E-state index in [1.807, 2.05) is 11.5 Å². The molecule has 8 heteroatoms. The molecule has 0 spiro atoms. The molecule has 1 aliphatic heterocycles. The van der Waals surface area contributed by atoms with Gasteiger partial charge in [-0.25, -0.2) is 4.39 Å². The largest absolute Gasteiger partial charge is 0.351 e. The molecule has 2 saturated carbocycles. The van der Waals surface area contributed by atoms with Crippen molar-refractivity contribution in [3.63, 3.8) is 0 Å². The minimum Gasteiger partial charge on any atom is -0.351 e. The number of hydrogen-bond acceptors (Lipinski definition) is 3. The minimum absolute atomic E-state index is 0.0424. The van der Waals surface area contributed by atoms with E-state index in [9.17, 15) is 18.8 Å². The molecule has 36 heavy (non-hydrogen) atoms. The zero-order valence-electron chi connectivity index (χ0n) is 21.4. The summed E-state index contributed by atoms with van der Waals surface area (Å²) in [5.74, 6) is -1.17. The highest BCUT2D eigenvalue weighted by Crippen LogP contribution is 2.42. The fourth-order valence-electron chi connectivity index (χ4n) is 6.59. The quantitative estimate of drug-likeness (QED) is 0.616. The molecular weight excluding hydrogens is 459 g/mol. The van der Waals surface area contributed by atoms with Crippen molar-refractivity contribution in [3.05, 3.63) is 29.7 Å². The molecular formula is C28H37FN4O3. The predicted octanol–water partition coefficient (Wildman–Crippen LogP) is 5.13. The Balaban J connectivity index is 1.59. The van der Waals surface area contributed by atoms with E-state index in [4.69, 9.17) is 0 Å². The average Bonchev–Trinajstić information content (AvgIpc) is 3.42. The third-order valence-electron chi connectivity index (χ3n) is 8.36. The van der Waals surface area contributed by atoms with Gasteiger partial charge >= 0.3 is 0 Å². The lowest BCUT2D eigenvalue weighted by atomic mass is 9.90. The topological polar surface area (TPSA) is 83.4 Å². The van der Waals surface area contributed by atoms with Gasteiger partial charge in [0.25, 0.3) is 5.91 Å². The van der Waals surface area contributed by atoms with Crippen LogP contribution in [0.1, 0.15) is 95.0 Å². The van der Waals surface area contributed by atoms with Gasteiger partial charge in [0.2, 0.25) is 11.8 Å². The molecule has 1 aromatic carbocycles. The van der Waals surface area contributed by atoms with Gasteiger partial charge < -0.3 is 20.1 Å². The van der Waals surface area contributed by atoms with Gasteiger partial charge in [-0.05, 0) is 50.8 Å². The second-order valence-corrected chi connectivity index (χ2v) is 11.1. The molecule has 2 N–H and O–H groups in total. The van der Waals surface area contributed by atoms with Crippen LogP contribution in [0.25, 0.3) is 10.9 Å². The lowest BCUT2D eigenvalue weighted by Gasteiger charge is -2.47. The third-order valence-corrected chi connectivity index (χ3v) is 8.36. The van der Waals surface area contributed by atoms with Crippen molar-refractivity contribution in [1.82, 2.24) is 14.8 Å². The minimum atomic E-state index is -1.09. The number of aromatic nitrogens is 1. The smallest absolute Gasteiger partial charge is 0.273 e. The molecule has 3 aliphatic rings. The number of amides is 3. The number of halogens is 1. The van der Waals surface area contributed by atoms with Crippen molar-refractivity contribution < 1.29 is 18.8 Å². The highest BCUT2D eigenvalue weighted by molar-refractivity contribution is 6.14. The number of hydrogen-bond donors (Lipinski definition) is 2. The summed E-state index contributed by atoms with van der Waals surface area (Å²) in [5, 5.41) is 6.58. The number of benzene rings is 1. The van der Waals surface area contributed by atoms with Gasteiger partial charge in [0, 0.05) is 24.4 Å². The Morgan fingerprint density at radius 2 is 1.64 bits per heavy atom. The van der Waals surface area contributed by atoms with Gasteiger partial charge in [-0.2, -0.15) is 0 Å². The van der Waals surface area contributed by atoms with Crippen LogP contribution in [-0.2, 0) is 16.1 Å². The van der Waals surface area contributed by atoms with E-state index in [0.29, 0.717) is 22.3 Å². The standard InChI is InChI=1S/C28H37FN4O3/c1-18(34)30-24-22-16-19(29)14-15-23(22)32-17-28(2,27(36)31-20-10-6-4-3-5-7-11-20)33(26(35)25(24)32)21-12-8-9-13-21/h14-16,20-21H,3-13,17H2,1-2H3,(H,30,34)(H,31,36)/t28-/m0/s1. The van der Waals surface area contributed by atoms with E-state index in [0.717, 1.165) is 51.4 Å². The Kier molecular flexibility index (Phi) is 6.79. The molecule has 194 valence electrons. The van der Waals surface area contributed by atoms with E-state index >= 15 is 0 Å². The van der Waals surface area contributed by atoms with Crippen molar-refractivity contribution in [2.75, 3.05) is 5.32 Å². The van der Waals surface area contributed by atoms with E-state index in [-0.39, 0.29) is 36.3 Å². The molecule has 0 saturated heterocycles. The van der Waals surface area contributed by atoms with Crippen LogP contribution in [0.4, 0.5) is 10.1 Å². The lowest BCUT2D eigenvalue weighted by Crippen LogP contribution is -2.67. The first-order valence-electron chi connectivity index (χ1n) is 13.5. The number of rotatable bonds is 4. The number of fused-ring (bicyclic) bond motifs is 3. The first-order chi connectivity index (χ1) is 17.3. The fourth-order valence-corrected chi connectivity index (χ4v) is 6.59. The Labute approximate surface area is 211 Å². The van der Waals surface area contributed by atoms with Crippen LogP contribution in [0.2, 0.25) is 0 Å². The summed E-state index contributed by atoms with van der Waals surface area (Å²) in [5.41, 5.74) is 0.205. The molecule has 0 unspecified atom stereocenters. The maximum absolute atomic E-state index is 14.3. The number of carbonyl (C=O) groups excluding carboxylic acids is 3. The van der Waals surface area contributed by atoms with Crippen molar-refractivity contribution in [2.45, 2.75) is 109 Å². The van der Waals surface area contributed by atoms with E-state index in [1.54, 1.807) is 11.0 Å².